The quantitative estimate of drug-likeness (QED) is 0.783. The van der Waals surface area contributed by atoms with E-state index >= 15 is 0 Å². The van der Waals surface area contributed by atoms with E-state index in [4.69, 9.17) is 4.74 Å². The van der Waals surface area contributed by atoms with Gasteiger partial charge in [0.05, 0.1) is 12.5 Å². The highest BCUT2D eigenvalue weighted by atomic mass is 32.1. The number of pyridine rings is 1. The molecule has 108 valence electrons. The average Bonchev–Trinajstić information content (AvgIpc) is 2.97. The minimum atomic E-state index is 0.619. The Labute approximate surface area is 127 Å². The van der Waals surface area contributed by atoms with Crippen LogP contribution in [0.4, 0.5) is 5.82 Å². The summed E-state index contributed by atoms with van der Waals surface area (Å²) in [5.41, 5.74) is 1.08. The molecule has 0 aliphatic heterocycles. The van der Waals surface area contributed by atoms with Gasteiger partial charge >= 0.3 is 0 Å². The van der Waals surface area contributed by atoms with Crippen LogP contribution in [0, 0.1) is 0 Å². The Kier molecular flexibility index (Phi) is 3.96. The first-order chi connectivity index (χ1) is 10.3. The number of aromatic nitrogens is 3. The Morgan fingerprint density at radius 2 is 2.14 bits per heavy atom. The number of hydrogen-bond acceptors (Lipinski definition) is 6. The Morgan fingerprint density at radius 1 is 1.24 bits per heavy atom. The molecule has 0 fully saturated rings. The summed E-state index contributed by atoms with van der Waals surface area (Å²) in [6.07, 6.45) is 4.42. The molecule has 1 N–H and O–H groups in total. The number of aryl methyl sites for hydroxylation is 1. The zero-order chi connectivity index (χ0) is 14.7. The van der Waals surface area contributed by atoms with Gasteiger partial charge in [0.15, 0.2) is 0 Å². The number of nitrogens with one attached hydrogen (secondary N) is 1. The van der Waals surface area contributed by atoms with Crippen LogP contribution >= 0.6 is 11.3 Å². The van der Waals surface area contributed by atoms with Crippen LogP contribution in [0.25, 0.3) is 10.2 Å². The van der Waals surface area contributed by atoms with E-state index in [1.54, 1.807) is 31.0 Å². The largest absolute Gasteiger partial charge is 0.481 e. The van der Waals surface area contributed by atoms with E-state index in [0.717, 1.165) is 28.0 Å². The minimum absolute atomic E-state index is 0.619. The number of thiophene rings is 1. The number of hydrogen-bond donors (Lipinski definition) is 1. The van der Waals surface area contributed by atoms with Gasteiger partial charge in [-0.1, -0.05) is 13.0 Å². The molecule has 0 aliphatic rings. The molecular formula is C15H16N4OS. The van der Waals surface area contributed by atoms with Gasteiger partial charge in [-0.25, -0.2) is 15.0 Å². The van der Waals surface area contributed by atoms with Gasteiger partial charge in [-0.15, -0.1) is 11.3 Å². The molecule has 21 heavy (non-hydrogen) atoms. The molecule has 0 amide bonds. The summed E-state index contributed by atoms with van der Waals surface area (Å²) in [5, 5.41) is 4.44. The van der Waals surface area contributed by atoms with Crippen LogP contribution in [0.2, 0.25) is 0 Å². The van der Waals surface area contributed by atoms with Crippen molar-refractivity contribution >= 4 is 27.4 Å². The highest BCUT2D eigenvalue weighted by Gasteiger charge is 2.07. The Balaban J connectivity index is 1.79. The molecule has 5 nitrogen and oxygen atoms in total. The fraction of sp³-hybridized carbons (Fsp3) is 0.267. The average molecular weight is 300 g/mol. The SMILES string of the molecule is CCc1cc2c(NCc3ccc(OC)nc3)ncnc2s1. The molecule has 3 aromatic heterocycles. The maximum absolute atomic E-state index is 5.05. The van der Waals surface area contributed by atoms with Crippen molar-refractivity contribution < 1.29 is 4.74 Å². The Hall–Kier alpha value is -2.21. The second-order valence-corrected chi connectivity index (χ2v) is 5.68. The molecule has 0 aromatic carbocycles. The van der Waals surface area contributed by atoms with Crippen LogP contribution in [0.15, 0.2) is 30.7 Å². The Morgan fingerprint density at radius 3 is 2.86 bits per heavy atom. The first kappa shape index (κ1) is 13.8. The van der Waals surface area contributed by atoms with Crippen molar-refractivity contribution in [2.75, 3.05) is 12.4 Å². The van der Waals surface area contributed by atoms with Gasteiger partial charge in [-0.05, 0) is 18.1 Å². The maximum atomic E-state index is 5.05. The molecule has 3 heterocycles. The van der Waals surface area contributed by atoms with Crippen LogP contribution < -0.4 is 10.1 Å². The first-order valence-electron chi connectivity index (χ1n) is 6.76. The molecule has 0 spiro atoms. The number of rotatable bonds is 5. The zero-order valence-corrected chi connectivity index (χ0v) is 12.8. The van der Waals surface area contributed by atoms with Crippen LogP contribution in [-0.2, 0) is 13.0 Å². The van der Waals surface area contributed by atoms with Crippen LogP contribution in [0.1, 0.15) is 17.4 Å². The fourth-order valence-corrected chi connectivity index (χ4v) is 2.98. The third kappa shape index (κ3) is 2.95. The monoisotopic (exact) mass is 300 g/mol. The van der Waals surface area contributed by atoms with E-state index in [-0.39, 0.29) is 0 Å². The summed E-state index contributed by atoms with van der Waals surface area (Å²) in [7, 11) is 1.61. The van der Waals surface area contributed by atoms with Crippen molar-refractivity contribution in [3.63, 3.8) is 0 Å². The lowest BCUT2D eigenvalue weighted by Crippen LogP contribution is -2.02. The second-order valence-electron chi connectivity index (χ2n) is 4.57. The van der Waals surface area contributed by atoms with Crippen LogP contribution in [0.5, 0.6) is 5.88 Å². The van der Waals surface area contributed by atoms with Gasteiger partial charge in [0.25, 0.3) is 0 Å². The molecular weight excluding hydrogens is 284 g/mol. The van der Waals surface area contributed by atoms with Crippen molar-refractivity contribution in [3.8, 4) is 5.88 Å². The summed E-state index contributed by atoms with van der Waals surface area (Å²) in [6.45, 7) is 2.81. The molecule has 6 heteroatoms. The lowest BCUT2D eigenvalue weighted by molar-refractivity contribution is 0.397. The standard InChI is InChI=1S/C15H16N4OS/c1-3-11-6-12-14(18-9-19-15(12)21-11)17-8-10-4-5-13(20-2)16-7-10/h4-7,9H,3,8H2,1-2H3,(H,17,18,19). The van der Waals surface area contributed by atoms with Gasteiger partial charge in [0, 0.05) is 23.7 Å². The molecule has 0 unspecified atom stereocenters. The van der Waals surface area contributed by atoms with E-state index in [1.165, 1.54) is 4.88 Å². The number of anilines is 1. The van der Waals surface area contributed by atoms with E-state index in [2.05, 4.69) is 33.3 Å². The number of fused-ring (bicyclic) bond motifs is 1. The van der Waals surface area contributed by atoms with Crippen molar-refractivity contribution in [1.82, 2.24) is 15.0 Å². The summed E-state index contributed by atoms with van der Waals surface area (Å²) >= 11 is 1.72. The fourth-order valence-electron chi connectivity index (χ4n) is 2.04. The topological polar surface area (TPSA) is 59.9 Å². The lowest BCUT2D eigenvalue weighted by atomic mass is 10.2. The predicted octanol–water partition coefficient (Wildman–Crippen LogP) is 3.27. The summed E-state index contributed by atoms with van der Waals surface area (Å²) in [6, 6.07) is 6.00. The lowest BCUT2D eigenvalue weighted by Gasteiger charge is -2.06. The molecule has 0 bridgehead atoms. The molecule has 0 saturated carbocycles. The van der Waals surface area contributed by atoms with Gasteiger partial charge in [-0.3, -0.25) is 0 Å². The molecule has 3 aromatic rings. The van der Waals surface area contributed by atoms with E-state index in [9.17, 15) is 0 Å². The summed E-state index contributed by atoms with van der Waals surface area (Å²) in [4.78, 5) is 15.2. The third-order valence-corrected chi connectivity index (χ3v) is 4.38. The number of methoxy groups -OCH3 is 1. The second kappa shape index (κ2) is 6.05. The van der Waals surface area contributed by atoms with Crippen molar-refractivity contribution in [2.24, 2.45) is 0 Å². The normalized spacial score (nSPS) is 10.8. The maximum Gasteiger partial charge on any atom is 0.212 e. The molecule has 0 atom stereocenters. The van der Waals surface area contributed by atoms with Crippen molar-refractivity contribution in [1.29, 1.82) is 0 Å². The third-order valence-electron chi connectivity index (χ3n) is 3.20. The summed E-state index contributed by atoms with van der Waals surface area (Å²) < 4.78 is 5.05. The molecule has 0 saturated heterocycles. The van der Waals surface area contributed by atoms with Crippen molar-refractivity contribution in [3.05, 3.63) is 41.2 Å². The van der Waals surface area contributed by atoms with Gasteiger partial charge < -0.3 is 10.1 Å². The van der Waals surface area contributed by atoms with E-state index < -0.39 is 0 Å². The number of ether oxygens (including phenoxy) is 1. The van der Waals surface area contributed by atoms with Gasteiger partial charge in [0.1, 0.15) is 17.0 Å². The van der Waals surface area contributed by atoms with Crippen LogP contribution in [-0.4, -0.2) is 22.1 Å². The molecule has 0 radical (unpaired) electrons. The highest BCUT2D eigenvalue weighted by Crippen LogP contribution is 2.28. The Bertz CT molecular complexity index is 739. The van der Waals surface area contributed by atoms with Gasteiger partial charge in [0.2, 0.25) is 5.88 Å². The first-order valence-corrected chi connectivity index (χ1v) is 7.58. The smallest absolute Gasteiger partial charge is 0.212 e. The van der Waals surface area contributed by atoms with E-state index in [1.807, 2.05) is 12.1 Å². The van der Waals surface area contributed by atoms with Crippen LogP contribution in [0.3, 0.4) is 0 Å². The minimum Gasteiger partial charge on any atom is -0.481 e. The molecule has 3 rings (SSSR count). The highest BCUT2D eigenvalue weighted by molar-refractivity contribution is 7.18. The van der Waals surface area contributed by atoms with E-state index in [0.29, 0.717) is 12.4 Å². The zero-order valence-electron chi connectivity index (χ0n) is 12.0. The summed E-state index contributed by atoms with van der Waals surface area (Å²) in [5.74, 6) is 1.49. The van der Waals surface area contributed by atoms with Crippen molar-refractivity contribution in [2.45, 2.75) is 19.9 Å². The van der Waals surface area contributed by atoms with Gasteiger partial charge in [-0.2, -0.15) is 0 Å². The predicted molar refractivity (Wildman–Crippen MR) is 84.9 cm³/mol. The number of nitrogens with zero attached hydrogens (tertiary/aromatic N) is 3. The molecule has 0 aliphatic carbocycles.